The van der Waals surface area contributed by atoms with Crippen molar-refractivity contribution in [2.75, 3.05) is 7.11 Å². The largest absolute Gasteiger partial charge is 0.465 e. The van der Waals surface area contributed by atoms with E-state index in [1.807, 2.05) is 30.6 Å². The number of nitrogens with zero attached hydrogens (tertiary/aromatic N) is 2. The maximum atomic E-state index is 12.2. The van der Waals surface area contributed by atoms with E-state index in [0.717, 1.165) is 58.3 Å². The van der Waals surface area contributed by atoms with E-state index in [1.54, 1.807) is 6.07 Å². The average Bonchev–Trinajstić information content (AvgIpc) is 3.35. The molecule has 5 nitrogen and oxygen atoms in total. The minimum absolute atomic E-state index is 0.350. The molecular formula is C24H24BrN3O2. The van der Waals surface area contributed by atoms with Gasteiger partial charge in [0.1, 0.15) is 5.82 Å². The van der Waals surface area contributed by atoms with Crippen molar-refractivity contribution in [3.63, 3.8) is 0 Å². The number of imidazole rings is 1. The van der Waals surface area contributed by atoms with Crippen LogP contribution in [0.15, 0.2) is 59.3 Å². The summed E-state index contributed by atoms with van der Waals surface area (Å²) in [6.07, 6.45) is 7.21. The zero-order valence-corrected chi connectivity index (χ0v) is 18.7. The minimum Gasteiger partial charge on any atom is -0.465 e. The number of methoxy groups -OCH3 is 1. The van der Waals surface area contributed by atoms with Crippen LogP contribution in [0.2, 0.25) is 0 Å². The molecule has 2 aromatic heterocycles. The first-order valence-electron chi connectivity index (χ1n) is 10.1. The molecule has 0 saturated heterocycles. The number of carbonyl (C=O) groups is 1. The number of hydrogen-bond donors (Lipinski definition) is 1. The summed E-state index contributed by atoms with van der Waals surface area (Å²) in [7, 11) is 1.40. The Bertz CT molecular complexity index is 1190. The third kappa shape index (κ3) is 3.92. The molecule has 154 valence electrons. The number of ether oxygens (including phenoxy) is 1. The van der Waals surface area contributed by atoms with E-state index >= 15 is 0 Å². The second-order valence-electron chi connectivity index (χ2n) is 7.31. The van der Waals surface area contributed by atoms with Crippen molar-refractivity contribution in [2.45, 2.75) is 32.7 Å². The molecule has 0 saturated carbocycles. The first-order valence-corrected chi connectivity index (χ1v) is 10.9. The summed E-state index contributed by atoms with van der Waals surface area (Å²) in [5, 5.41) is 1.08. The molecule has 4 aromatic rings. The van der Waals surface area contributed by atoms with Gasteiger partial charge in [-0.1, -0.05) is 37.6 Å². The van der Waals surface area contributed by atoms with Crippen molar-refractivity contribution in [1.82, 2.24) is 14.5 Å². The van der Waals surface area contributed by atoms with E-state index in [0.29, 0.717) is 5.56 Å². The number of hydrogen-bond acceptors (Lipinski definition) is 3. The van der Waals surface area contributed by atoms with Crippen LogP contribution in [0, 0.1) is 0 Å². The fourth-order valence-electron chi connectivity index (χ4n) is 3.72. The monoisotopic (exact) mass is 465 g/mol. The zero-order chi connectivity index (χ0) is 21.1. The Hall–Kier alpha value is -2.86. The Morgan fingerprint density at radius 2 is 2.07 bits per heavy atom. The van der Waals surface area contributed by atoms with Gasteiger partial charge in [-0.15, -0.1) is 0 Å². The summed E-state index contributed by atoms with van der Waals surface area (Å²) in [6, 6.07) is 13.9. The quantitative estimate of drug-likeness (QED) is 0.342. The lowest BCUT2D eigenvalue weighted by atomic mass is 10.0. The van der Waals surface area contributed by atoms with Gasteiger partial charge in [-0.05, 0) is 46.1 Å². The smallest absolute Gasteiger partial charge is 0.338 e. The van der Waals surface area contributed by atoms with Gasteiger partial charge in [0, 0.05) is 41.8 Å². The Labute approximate surface area is 184 Å². The van der Waals surface area contributed by atoms with Crippen molar-refractivity contribution < 1.29 is 9.53 Å². The number of rotatable bonds is 7. The number of benzene rings is 2. The van der Waals surface area contributed by atoms with Crippen LogP contribution in [-0.2, 0) is 17.7 Å². The second-order valence-corrected chi connectivity index (χ2v) is 8.10. The lowest BCUT2D eigenvalue weighted by Crippen LogP contribution is -2.04. The molecule has 0 bridgehead atoms. The van der Waals surface area contributed by atoms with Crippen molar-refractivity contribution >= 4 is 32.8 Å². The van der Waals surface area contributed by atoms with Crippen LogP contribution in [0.3, 0.4) is 0 Å². The first kappa shape index (κ1) is 20.4. The molecule has 6 heteroatoms. The number of halogens is 1. The van der Waals surface area contributed by atoms with E-state index in [-0.39, 0.29) is 5.97 Å². The van der Waals surface area contributed by atoms with Gasteiger partial charge in [0.15, 0.2) is 0 Å². The lowest BCUT2D eigenvalue weighted by Gasteiger charge is -2.08. The number of unbranched alkanes of at least 4 members (excludes halogenated alkanes) is 1. The normalized spacial score (nSPS) is 11.2. The standard InChI is InChI=1S/C24H24BrN3O2/c1-3-4-9-21-26-12-13-28(21)15-16-10-11-20-19(14-16)22(25)23(27-20)17-7-5-6-8-18(17)24(29)30-2/h5-8,10-14,27H,3-4,9,15H2,1-2H3. The van der Waals surface area contributed by atoms with Gasteiger partial charge in [0.25, 0.3) is 0 Å². The highest BCUT2D eigenvalue weighted by Crippen LogP contribution is 2.37. The highest BCUT2D eigenvalue weighted by atomic mass is 79.9. The molecule has 0 unspecified atom stereocenters. The number of carbonyl (C=O) groups excluding carboxylic acids is 1. The summed E-state index contributed by atoms with van der Waals surface area (Å²) >= 11 is 3.75. The van der Waals surface area contributed by atoms with E-state index < -0.39 is 0 Å². The van der Waals surface area contributed by atoms with Gasteiger partial charge < -0.3 is 14.3 Å². The van der Waals surface area contributed by atoms with Crippen molar-refractivity contribution in [3.8, 4) is 11.3 Å². The maximum absolute atomic E-state index is 12.2. The number of aromatic amines is 1. The van der Waals surface area contributed by atoms with Crippen molar-refractivity contribution in [3.05, 3.63) is 76.3 Å². The lowest BCUT2D eigenvalue weighted by molar-refractivity contribution is 0.0601. The molecule has 0 fully saturated rings. The molecule has 0 aliphatic heterocycles. The molecule has 2 heterocycles. The van der Waals surface area contributed by atoms with Gasteiger partial charge in [0.05, 0.1) is 22.8 Å². The molecule has 0 spiro atoms. The summed E-state index contributed by atoms with van der Waals surface area (Å²) in [4.78, 5) is 20.2. The van der Waals surface area contributed by atoms with Gasteiger partial charge in [-0.25, -0.2) is 9.78 Å². The van der Waals surface area contributed by atoms with Crippen LogP contribution in [0.5, 0.6) is 0 Å². The highest BCUT2D eigenvalue weighted by molar-refractivity contribution is 9.10. The summed E-state index contributed by atoms with van der Waals surface area (Å²) < 4.78 is 8.10. The van der Waals surface area contributed by atoms with Crippen LogP contribution in [0.4, 0.5) is 0 Å². The summed E-state index contributed by atoms with van der Waals surface area (Å²) in [5.41, 5.74) is 4.43. The van der Waals surface area contributed by atoms with E-state index in [9.17, 15) is 4.79 Å². The number of H-pyrrole nitrogens is 1. The zero-order valence-electron chi connectivity index (χ0n) is 17.1. The third-order valence-corrected chi connectivity index (χ3v) is 6.13. The van der Waals surface area contributed by atoms with Gasteiger partial charge in [-0.2, -0.15) is 0 Å². The fraction of sp³-hybridized carbons (Fsp3) is 0.250. The summed E-state index contributed by atoms with van der Waals surface area (Å²) in [6.45, 7) is 2.97. The number of nitrogens with one attached hydrogen (secondary N) is 1. The fourth-order valence-corrected chi connectivity index (χ4v) is 4.36. The molecule has 0 aliphatic carbocycles. The highest BCUT2D eigenvalue weighted by Gasteiger charge is 2.18. The first-order chi connectivity index (χ1) is 14.6. The molecule has 2 aromatic carbocycles. The predicted octanol–water partition coefficient (Wildman–Crippen LogP) is 5.97. The SMILES string of the molecule is CCCCc1nccn1Cc1ccc2[nH]c(-c3ccccc3C(=O)OC)c(Br)c2c1. The second kappa shape index (κ2) is 8.88. The van der Waals surface area contributed by atoms with E-state index in [4.69, 9.17) is 4.74 Å². The van der Waals surface area contributed by atoms with Crippen LogP contribution in [-0.4, -0.2) is 27.6 Å². The molecule has 0 aliphatic rings. The minimum atomic E-state index is -0.350. The molecule has 1 N–H and O–H groups in total. The number of fused-ring (bicyclic) bond motifs is 1. The molecule has 0 radical (unpaired) electrons. The average molecular weight is 466 g/mol. The van der Waals surface area contributed by atoms with E-state index in [1.165, 1.54) is 12.7 Å². The Morgan fingerprint density at radius 1 is 1.23 bits per heavy atom. The molecule has 0 atom stereocenters. The van der Waals surface area contributed by atoms with Crippen molar-refractivity contribution in [2.24, 2.45) is 0 Å². The topological polar surface area (TPSA) is 59.9 Å². The van der Waals surface area contributed by atoms with E-state index in [2.05, 4.69) is 55.6 Å². The van der Waals surface area contributed by atoms with Crippen LogP contribution < -0.4 is 0 Å². The molecular weight excluding hydrogens is 442 g/mol. The number of aryl methyl sites for hydroxylation is 1. The third-order valence-electron chi connectivity index (χ3n) is 5.31. The predicted molar refractivity (Wildman–Crippen MR) is 123 cm³/mol. The number of aromatic nitrogens is 3. The molecule has 0 amide bonds. The number of esters is 1. The van der Waals surface area contributed by atoms with Gasteiger partial charge in [-0.3, -0.25) is 0 Å². The Balaban J connectivity index is 1.70. The summed E-state index contributed by atoms with van der Waals surface area (Å²) in [5.74, 6) is 0.773. The Morgan fingerprint density at radius 3 is 2.87 bits per heavy atom. The van der Waals surface area contributed by atoms with Gasteiger partial charge >= 0.3 is 5.97 Å². The molecule has 4 rings (SSSR count). The van der Waals surface area contributed by atoms with Crippen LogP contribution in [0.1, 0.15) is 41.5 Å². The van der Waals surface area contributed by atoms with Crippen molar-refractivity contribution in [1.29, 1.82) is 0 Å². The maximum Gasteiger partial charge on any atom is 0.338 e. The Kier molecular flexibility index (Phi) is 6.04. The molecule has 30 heavy (non-hydrogen) atoms. The van der Waals surface area contributed by atoms with Gasteiger partial charge in [0.2, 0.25) is 0 Å². The van der Waals surface area contributed by atoms with Crippen LogP contribution >= 0.6 is 15.9 Å². The van der Waals surface area contributed by atoms with Crippen LogP contribution in [0.25, 0.3) is 22.2 Å².